The first-order valence-electron chi connectivity index (χ1n) is 9.79. The first-order chi connectivity index (χ1) is 14.9. The van der Waals surface area contributed by atoms with Crippen LogP contribution in [0.25, 0.3) is 11.3 Å². The average molecular weight is 456 g/mol. The summed E-state index contributed by atoms with van der Waals surface area (Å²) in [6.07, 6.45) is 1.17. The van der Waals surface area contributed by atoms with Gasteiger partial charge in [-0.05, 0) is 48.7 Å². The molecule has 2 heterocycles. The molecule has 1 fully saturated rings. The summed E-state index contributed by atoms with van der Waals surface area (Å²) in [6, 6.07) is 16.6. The Labute approximate surface area is 188 Å². The van der Waals surface area contributed by atoms with E-state index in [1.54, 1.807) is 24.3 Å². The Balaban J connectivity index is 1.53. The van der Waals surface area contributed by atoms with Gasteiger partial charge in [-0.3, -0.25) is 14.4 Å². The molecule has 31 heavy (non-hydrogen) atoms. The van der Waals surface area contributed by atoms with Crippen LogP contribution >= 0.6 is 23.2 Å². The molecule has 4 rings (SSSR count). The van der Waals surface area contributed by atoms with E-state index in [0.29, 0.717) is 40.8 Å². The molecule has 1 atom stereocenters. The molecule has 0 spiro atoms. The van der Waals surface area contributed by atoms with Gasteiger partial charge in [-0.25, -0.2) is 0 Å². The summed E-state index contributed by atoms with van der Waals surface area (Å²) in [7, 11) is 0. The SMILES string of the molecule is O=C(Nc1cc(Cl)cc(Cl)c1)C1CCCN1C(=O)c1ccc(-c2ccccc2)[nH]c1=O. The van der Waals surface area contributed by atoms with Crippen molar-refractivity contribution in [3.8, 4) is 11.3 Å². The number of likely N-dealkylation sites (tertiary alicyclic amines) is 1. The number of aromatic amines is 1. The Bertz CT molecular complexity index is 1170. The Morgan fingerprint density at radius 2 is 1.71 bits per heavy atom. The van der Waals surface area contributed by atoms with Crippen molar-refractivity contribution in [1.29, 1.82) is 0 Å². The molecule has 0 bridgehead atoms. The first-order valence-corrected chi connectivity index (χ1v) is 10.5. The number of pyridine rings is 1. The number of benzene rings is 2. The van der Waals surface area contributed by atoms with Crippen LogP contribution in [0.3, 0.4) is 0 Å². The quantitative estimate of drug-likeness (QED) is 0.603. The molecule has 1 aliphatic rings. The highest BCUT2D eigenvalue weighted by molar-refractivity contribution is 6.35. The molecule has 2 N–H and O–H groups in total. The lowest BCUT2D eigenvalue weighted by molar-refractivity contribution is -0.119. The number of hydrogen-bond donors (Lipinski definition) is 2. The molecule has 6 nitrogen and oxygen atoms in total. The van der Waals surface area contributed by atoms with Crippen LogP contribution in [0, 0.1) is 0 Å². The Morgan fingerprint density at radius 3 is 2.39 bits per heavy atom. The van der Waals surface area contributed by atoms with E-state index in [1.807, 2.05) is 30.3 Å². The second kappa shape index (κ2) is 8.96. The normalized spacial score (nSPS) is 15.7. The van der Waals surface area contributed by atoms with Crippen LogP contribution in [0.4, 0.5) is 5.69 Å². The highest BCUT2D eigenvalue weighted by Gasteiger charge is 2.35. The van der Waals surface area contributed by atoms with Gasteiger partial charge in [-0.2, -0.15) is 0 Å². The fourth-order valence-corrected chi connectivity index (χ4v) is 4.24. The van der Waals surface area contributed by atoms with Crippen molar-refractivity contribution in [2.75, 3.05) is 11.9 Å². The van der Waals surface area contributed by atoms with Gasteiger partial charge in [0.05, 0.1) is 0 Å². The molecule has 0 aliphatic carbocycles. The monoisotopic (exact) mass is 455 g/mol. The van der Waals surface area contributed by atoms with Gasteiger partial charge in [-0.1, -0.05) is 53.5 Å². The number of anilines is 1. The molecule has 3 aromatic rings. The summed E-state index contributed by atoms with van der Waals surface area (Å²) in [6.45, 7) is 0.396. The van der Waals surface area contributed by atoms with Crippen LogP contribution in [0.2, 0.25) is 10.0 Å². The van der Waals surface area contributed by atoms with Gasteiger partial charge < -0.3 is 15.2 Å². The smallest absolute Gasteiger partial charge is 0.261 e. The van der Waals surface area contributed by atoms with Gasteiger partial charge >= 0.3 is 0 Å². The summed E-state index contributed by atoms with van der Waals surface area (Å²) in [5, 5.41) is 3.55. The number of hydrogen-bond acceptors (Lipinski definition) is 3. The summed E-state index contributed by atoms with van der Waals surface area (Å²) in [4.78, 5) is 42.7. The molecule has 1 aromatic heterocycles. The van der Waals surface area contributed by atoms with Gasteiger partial charge in [0.2, 0.25) is 5.91 Å². The summed E-state index contributed by atoms with van der Waals surface area (Å²) < 4.78 is 0. The molecular weight excluding hydrogens is 437 g/mol. The zero-order chi connectivity index (χ0) is 22.0. The highest BCUT2D eigenvalue weighted by Crippen LogP contribution is 2.25. The fraction of sp³-hybridized carbons (Fsp3) is 0.174. The number of halogens is 2. The van der Waals surface area contributed by atoms with Crippen molar-refractivity contribution in [1.82, 2.24) is 9.88 Å². The van der Waals surface area contributed by atoms with Gasteiger partial charge in [0.25, 0.3) is 11.5 Å². The minimum atomic E-state index is -0.682. The van der Waals surface area contributed by atoms with E-state index in [1.165, 1.54) is 11.0 Å². The van der Waals surface area contributed by atoms with E-state index in [2.05, 4.69) is 10.3 Å². The third-order valence-corrected chi connectivity index (χ3v) is 5.61. The Morgan fingerprint density at radius 1 is 1.00 bits per heavy atom. The van der Waals surface area contributed by atoms with E-state index in [-0.39, 0.29) is 11.5 Å². The molecule has 158 valence electrons. The third kappa shape index (κ3) is 4.65. The number of carbonyl (C=O) groups excluding carboxylic acids is 2. The number of rotatable bonds is 4. The van der Waals surface area contributed by atoms with Gasteiger partial charge in [0.1, 0.15) is 11.6 Å². The van der Waals surface area contributed by atoms with Crippen LogP contribution in [0.5, 0.6) is 0 Å². The first kappa shape index (κ1) is 21.2. The van der Waals surface area contributed by atoms with Crippen molar-refractivity contribution in [3.63, 3.8) is 0 Å². The molecule has 8 heteroatoms. The molecular formula is C23H19Cl2N3O3. The molecule has 1 unspecified atom stereocenters. The minimum Gasteiger partial charge on any atom is -0.326 e. The predicted octanol–water partition coefficient (Wildman–Crippen LogP) is 4.59. The van der Waals surface area contributed by atoms with E-state index >= 15 is 0 Å². The van der Waals surface area contributed by atoms with E-state index in [0.717, 1.165) is 5.56 Å². The number of amides is 2. The van der Waals surface area contributed by atoms with Crippen LogP contribution in [-0.4, -0.2) is 34.3 Å². The van der Waals surface area contributed by atoms with Crippen molar-refractivity contribution >= 4 is 40.7 Å². The number of carbonyl (C=O) groups is 2. The van der Waals surface area contributed by atoms with Gasteiger partial charge in [-0.15, -0.1) is 0 Å². The Hall–Kier alpha value is -3.09. The molecule has 1 aliphatic heterocycles. The molecule has 0 radical (unpaired) electrons. The number of nitrogens with zero attached hydrogens (tertiary/aromatic N) is 1. The lowest BCUT2D eigenvalue weighted by Gasteiger charge is -2.24. The van der Waals surface area contributed by atoms with E-state index < -0.39 is 17.5 Å². The zero-order valence-corrected chi connectivity index (χ0v) is 17.9. The number of H-pyrrole nitrogens is 1. The zero-order valence-electron chi connectivity index (χ0n) is 16.4. The van der Waals surface area contributed by atoms with Crippen molar-refractivity contribution in [2.45, 2.75) is 18.9 Å². The molecule has 2 aromatic carbocycles. The van der Waals surface area contributed by atoms with E-state index in [9.17, 15) is 14.4 Å². The lowest BCUT2D eigenvalue weighted by atomic mass is 10.1. The molecule has 0 saturated carbocycles. The lowest BCUT2D eigenvalue weighted by Crippen LogP contribution is -2.44. The maximum Gasteiger partial charge on any atom is 0.261 e. The fourth-order valence-electron chi connectivity index (χ4n) is 3.72. The minimum absolute atomic E-state index is 0.00480. The average Bonchev–Trinajstić information content (AvgIpc) is 3.23. The molecule has 1 saturated heterocycles. The maximum atomic E-state index is 13.1. The summed E-state index contributed by atoms with van der Waals surface area (Å²) >= 11 is 12.0. The highest BCUT2D eigenvalue weighted by atomic mass is 35.5. The number of aromatic nitrogens is 1. The van der Waals surface area contributed by atoms with Gasteiger partial charge in [0.15, 0.2) is 0 Å². The molecule has 2 amide bonds. The van der Waals surface area contributed by atoms with Crippen molar-refractivity contribution in [3.05, 3.63) is 86.6 Å². The van der Waals surface area contributed by atoms with Crippen molar-refractivity contribution in [2.24, 2.45) is 0 Å². The van der Waals surface area contributed by atoms with Crippen LogP contribution in [0.1, 0.15) is 23.2 Å². The standard InChI is InChI=1S/C23H19Cl2N3O3/c24-15-11-16(25)13-17(12-15)26-22(30)20-7-4-10-28(20)23(31)18-8-9-19(27-21(18)29)14-5-2-1-3-6-14/h1-3,5-6,8-9,11-13,20H,4,7,10H2,(H,26,30)(H,27,29). The van der Waals surface area contributed by atoms with Gasteiger partial charge in [0, 0.05) is 28.0 Å². The second-order valence-electron chi connectivity index (χ2n) is 7.28. The summed E-state index contributed by atoms with van der Waals surface area (Å²) in [5.74, 6) is -0.816. The van der Waals surface area contributed by atoms with Crippen LogP contribution in [0.15, 0.2) is 65.5 Å². The predicted molar refractivity (Wildman–Crippen MR) is 122 cm³/mol. The maximum absolute atomic E-state index is 13.1. The number of nitrogens with one attached hydrogen (secondary N) is 2. The van der Waals surface area contributed by atoms with Crippen LogP contribution in [-0.2, 0) is 4.79 Å². The largest absolute Gasteiger partial charge is 0.326 e. The Kier molecular flexibility index (Phi) is 6.11. The second-order valence-corrected chi connectivity index (χ2v) is 8.16. The van der Waals surface area contributed by atoms with Crippen molar-refractivity contribution < 1.29 is 9.59 Å². The van der Waals surface area contributed by atoms with Crippen LogP contribution < -0.4 is 10.9 Å². The van der Waals surface area contributed by atoms with E-state index in [4.69, 9.17) is 23.2 Å². The third-order valence-electron chi connectivity index (χ3n) is 5.17. The summed E-state index contributed by atoms with van der Waals surface area (Å²) in [5.41, 5.74) is 1.43. The topological polar surface area (TPSA) is 82.3 Å².